The number of hydrogen-bond donors (Lipinski definition) is 1. The first-order chi connectivity index (χ1) is 7.75. The molecule has 2 aromatic heterocycles. The molecule has 2 atom stereocenters. The minimum absolute atomic E-state index is 0.345. The molecule has 2 N–H and O–H groups in total. The van der Waals surface area contributed by atoms with E-state index in [9.17, 15) is 0 Å². The molecule has 0 amide bonds. The van der Waals surface area contributed by atoms with E-state index < -0.39 is 0 Å². The van der Waals surface area contributed by atoms with Crippen LogP contribution in [0.1, 0.15) is 31.0 Å². The molecule has 1 aliphatic carbocycles. The zero-order valence-electron chi connectivity index (χ0n) is 9.43. The molecule has 0 aromatic carbocycles. The van der Waals surface area contributed by atoms with Crippen molar-refractivity contribution in [3.8, 4) is 0 Å². The zero-order valence-corrected chi connectivity index (χ0v) is 9.43. The van der Waals surface area contributed by atoms with Crippen LogP contribution in [0.5, 0.6) is 0 Å². The molecule has 1 aliphatic rings. The first-order valence-corrected chi connectivity index (χ1v) is 5.78. The third-order valence-corrected chi connectivity index (χ3v) is 3.50. The van der Waals surface area contributed by atoms with Gasteiger partial charge in [-0.05, 0) is 31.4 Å². The summed E-state index contributed by atoms with van der Waals surface area (Å²) >= 11 is 0. The number of imidazole rings is 1. The maximum Gasteiger partial charge on any atom is 0.159 e. The van der Waals surface area contributed by atoms with Gasteiger partial charge < -0.3 is 10.3 Å². The lowest BCUT2D eigenvalue weighted by molar-refractivity contribution is 0.620. The highest BCUT2D eigenvalue weighted by Crippen LogP contribution is 2.33. The Morgan fingerprint density at radius 2 is 2.31 bits per heavy atom. The van der Waals surface area contributed by atoms with E-state index in [-0.39, 0.29) is 0 Å². The van der Waals surface area contributed by atoms with Gasteiger partial charge in [-0.25, -0.2) is 9.97 Å². The van der Waals surface area contributed by atoms with Crippen LogP contribution in [0.25, 0.3) is 11.2 Å². The van der Waals surface area contributed by atoms with Crippen LogP contribution in [-0.4, -0.2) is 20.6 Å². The van der Waals surface area contributed by atoms with Crippen LogP contribution in [0.2, 0.25) is 0 Å². The molecule has 84 valence electrons. The molecule has 0 radical (unpaired) electrons. The van der Waals surface area contributed by atoms with E-state index in [4.69, 9.17) is 5.73 Å². The molecular weight excluding hydrogens is 200 g/mol. The van der Waals surface area contributed by atoms with Crippen LogP contribution in [0.15, 0.2) is 18.3 Å². The van der Waals surface area contributed by atoms with Gasteiger partial charge in [0.2, 0.25) is 0 Å². The maximum absolute atomic E-state index is 5.95. The summed E-state index contributed by atoms with van der Waals surface area (Å²) < 4.78 is 2.11. The second-order valence-electron chi connectivity index (χ2n) is 4.65. The Labute approximate surface area is 94.5 Å². The molecular formula is C12H16N4. The fraction of sp³-hybridized carbons (Fsp3) is 0.500. The van der Waals surface area contributed by atoms with Gasteiger partial charge in [-0.3, -0.25) is 0 Å². The predicted octanol–water partition coefficient (Wildman–Crippen LogP) is 1.56. The lowest BCUT2D eigenvalue weighted by Gasteiger charge is -2.08. The third kappa shape index (κ3) is 1.41. The van der Waals surface area contributed by atoms with E-state index in [1.807, 2.05) is 25.4 Å². The van der Waals surface area contributed by atoms with Crippen molar-refractivity contribution in [2.75, 3.05) is 0 Å². The number of pyridine rings is 1. The average molecular weight is 216 g/mol. The van der Waals surface area contributed by atoms with E-state index in [1.165, 1.54) is 0 Å². The van der Waals surface area contributed by atoms with E-state index in [0.29, 0.717) is 12.0 Å². The highest BCUT2D eigenvalue weighted by atomic mass is 15.1. The highest BCUT2D eigenvalue weighted by Gasteiger charge is 2.27. The van der Waals surface area contributed by atoms with Crippen LogP contribution in [-0.2, 0) is 7.05 Å². The number of aryl methyl sites for hydroxylation is 1. The van der Waals surface area contributed by atoms with Crippen molar-refractivity contribution in [1.82, 2.24) is 14.5 Å². The number of nitrogens with zero attached hydrogens (tertiary/aromatic N) is 3. The summed E-state index contributed by atoms with van der Waals surface area (Å²) in [5, 5.41) is 0. The topological polar surface area (TPSA) is 56.7 Å². The van der Waals surface area contributed by atoms with Gasteiger partial charge in [0.1, 0.15) is 11.3 Å². The Kier molecular flexibility index (Phi) is 2.17. The molecule has 0 saturated heterocycles. The lowest BCUT2D eigenvalue weighted by Crippen LogP contribution is -2.15. The summed E-state index contributed by atoms with van der Waals surface area (Å²) in [6, 6.07) is 4.29. The van der Waals surface area contributed by atoms with Crippen LogP contribution in [0, 0.1) is 0 Å². The van der Waals surface area contributed by atoms with Crippen molar-refractivity contribution in [3.05, 3.63) is 24.2 Å². The maximum atomic E-state index is 5.95. The molecule has 1 saturated carbocycles. The molecule has 4 nitrogen and oxygen atoms in total. The summed E-state index contributed by atoms with van der Waals surface area (Å²) in [7, 11) is 2.04. The molecule has 0 spiro atoms. The van der Waals surface area contributed by atoms with E-state index in [0.717, 1.165) is 36.3 Å². The number of rotatable bonds is 1. The van der Waals surface area contributed by atoms with E-state index in [2.05, 4.69) is 14.5 Å². The minimum Gasteiger partial charge on any atom is -0.328 e. The summed E-state index contributed by atoms with van der Waals surface area (Å²) in [6.45, 7) is 0. The van der Waals surface area contributed by atoms with Gasteiger partial charge in [0, 0.05) is 25.2 Å². The van der Waals surface area contributed by atoms with Crippen molar-refractivity contribution < 1.29 is 0 Å². The van der Waals surface area contributed by atoms with Gasteiger partial charge in [0.25, 0.3) is 0 Å². The Hall–Kier alpha value is -1.42. The van der Waals surface area contributed by atoms with Gasteiger partial charge in [-0.2, -0.15) is 0 Å². The van der Waals surface area contributed by atoms with Crippen molar-refractivity contribution in [3.63, 3.8) is 0 Å². The molecule has 3 rings (SSSR count). The number of hydrogen-bond acceptors (Lipinski definition) is 3. The molecule has 1 fully saturated rings. The molecule has 16 heavy (non-hydrogen) atoms. The molecule has 2 aromatic rings. The fourth-order valence-corrected chi connectivity index (χ4v) is 2.66. The Balaban J connectivity index is 2.07. The van der Waals surface area contributed by atoms with Crippen LogP contribution < -0.4 is 5.73 Å². The number of nitrogens with two attached hydrogens (primary N) is 1. The van der Waals surface area contributed by atoms with Gasteiger partial charge in [-0.1, -0.05) is 0 Å². The van der Waals surface area contributed by atoms with Crippen LogP contribution in [0.3, 0.4) is 0 Å². The molecule has 0 bridgehead atoms. The summed E-state index contributed by atoms with van der Waals surface area (Å²) in [5.41, 5.74) is 7.91. The van der Waals surface area contributed by atoms with Crippen molar-refractivity contribution >= 4 is 11.2 Å². The second-order valence-corrected chi connectivity index (χ2v) is 4.65. The molecule has 2 heterocycles. The smallest absolute Gasteiger partial charge is 0.159 e. The standard InChI is InChI=1S/C12H16N4/c1-16-11(8-4-5-9(13)7-8)15-10-3-2-6-14-12(10)16/h2-3,6,8-9H,4-5,7,13H2,1H3. The first-order valence-electron chi connectivity index (χ1n) is 5.78. The van der Waals surface area contributed by atoms with E-state index >= 15 is 0 Å². The largest absolute Gasteiger partial charge is 0.328 e. The number of fused-ring (bicyclic) bond motifs is 1. The minimum atomic E-state index is 0.345. The first kappa shape index (κ1) is 9.78. The Bertz CT molecular complexity index is 517. The van der Waals surface area contributed by atoms with Crippen LogP contribution in [0.4, 0.5) is 0 Å². The Morgan fingerprint density at radius 3 is 3.00 bits per heavy atom. The Morgan fingerprint density at radius 1 is 1.44 bits per heavy atom. The summed E-state index contributed by atoms with van der Waals surface area (Å²) in [6.07, 6.45) is 5.13. The quantitative estimate of drug-likeness (QED) is 0.787. The van der Waals surface area contributed by atoms with Gasteiger partial charge in [0.05, 0.1) is 0 Å². The number of aromatic nitrogens is 3. The van der Waals surface area contributed by atoms with Gasteiger partial charge in [0.15, 0.2) is 5.65 Å². The molecule has 0 aliphatic heterocycles. The van der Waals surface area contributed by atoms with E-state index in [1.54, 1.807) is 0 Å². The second kappa shape index (κ2) is 3.56. The monoisotopic (exact) mass is 216 g/mol. The zero-order chi connectivity index (χ0) is 11.1. The van der Waals surface area contributed by atoms with Gasteiger partial charge in [-0.15, -0.1) is 0 Å². The molecule has 2 unspecified atom stereocenters. The van der Waals surface area contributed by atoms with Crippen molar-refractivity contribution in [1.29, 1.82) is 0 Å². The highest BCUT2D eigenvalue weighted by molar-refractivity contribution is 5.71. The summed E-state index contributed by atoms with van der Waals surface area (Å²) in [5.74, 6) is 1.65. The average Bonchev–Trinajstić information content (AvgIpc) is 2.84. The fourth-order valence-electron chi connectivity index (χ4n) is 2.66. The summed E-state index contributed by atoms with van der Waals surface area (Å²) in [4.78, 5) is 9.03. The normalized spacial score (nSPS) is 25.4. The predicted molar refractivity (Wildman–Crippen MR) is 63.1 cm³/mol. The third-order valence-electron chi connectivity index (χ3n) is 3.50. The molecule has 4 heteroatoms. The van der Waals surface area contributed by atoms with Gasteiger partial charge >= 0.3 is 0 Å². The van der Waals surface area contributed by atoms with Crippen molar-refractivity contribution in [2.24, 2.45) is 12.8 Å². The van der Waals surface area contributed by atoms with Crippen LogP contribution >= 0.6 is 0 Å². The SMILES string of the molecule is Cn1c(C2CCC(N)C2)nc2cccnc21. The lowest BCUT2D eigenvalue weighted by atomic mass is 10.1. The van der Waals surface area contributed by atoms with Crippen molar-refractivity contribution in [2.45, 2.75) is 31.2 Å².